The molecule has 3 rings (SSSR count). The molecule has 0 saturated heterocycles. The van der Waals surface area contributed by atoms with Crippen LogP contribution >= 0.6 is 0 Å². The normalized spacial score (nSPS) is 19.3. The third-order valence-electron chi connectivity index (χ3n) is 4.40. The molecule has 1 atom stereocenters. The van der Waals surface area contributed by atoms with Crippen LogP contribution in [0.15, 0.2) is 40.1 Å². The summed E-state index contributed by atoms with van der Waals surface area (Å²) in [4.78, 5) is 24.2. The molecule has 0 bridgehead atoms. The van der Waals surface area contributed by atoms with Crippen LogP contribution in [0.1, 0.15) is 29.3 Å². The maximum absolute atomic E-state index is 11.1. The number of benzene rings is 1. The predicted octanol–water partition coefficient (Wildman–Crippen LogP) is 2.37. The van der Waals surface area contributed by atoms with E-state index in [4.69, 9.17) is 5.11 Å². The molecule has 1 aromatic carbocycles. The van der Waals surface area contributed by atoms with Gasteiger partial charge >= 0.3 is 5.97 Å². The van der Waals surface area contributed by atoms with E-state index in [2.05, 4.69) is 14.9 Å². The molecular weight excluding hydrogens is 292 g/mol. The Balaban J connectivity index is 1.90. The standard InChI is InChI=1S/C17H20N4O2/c1-4-11-7-12(17(22)23)5-6-14(11)21(3)16-8-15-13(9-18-16)19-10-20(15)2/h5-7,9-10,15H,4,8H2,1-3H3,(H,22,23)/t15-/m0/s1. The molecular formula is C17H20N4O2. The first-order valence-electron chi connectivity index (χ1n) is 7.64. The SMILES string of the molecule is CCc1cc(C(=O)O)ccc1N(C)C1=NC=C2N=CN(C)[C@H]2C1. The summed E-state index contributed by atoms with van der Waals surface area (Å²) in [6.45, 7) is 2.03. The smallest absolute Gasteiger partial charge is 0.335 e. The molecule has 0 aliphatic carbocycles. The highest BCUT2D eigenvalue weighted by molar-refractivity contribution is 6.00. The van der Waals surface area contributed by atoms with E-state index < -0.39 is 5.97 Å². The van der Waals surface area contributed by atoms with Crippen LogP contribution in [0.5, 0.6) is 0 Å². The van der Waals surface area contributed by atoms with Gasteiger partial charge in [-0.3, -0.25) is 0 Å². The fourth-order valence-electron chi connectivity index (χ4n) is 2.96. The zero-order valence-electron chi connectivity index (χ0n) is 13.5. The second kappa shape index (κ2) is 5.87. The lowest BCUT2D eigenvalue weighted by Gasteiger charge is -2.30. The minimum Gasteiger partial charge on any atom is -0.478 e. The zero-order valence-corrected chi connectivity index (χ0v) is 13.5. The number of carboxylic acids is 1. The lowest BCUT2D eigenvalue weighted by molar-refractivity contribution is 0.0697. The largest absolute Gasteiger partial charge is 0.478 e. The van der Waals surface area contributed by atoms with Crippen molar-refractivity contribution in [3.8, 4) is 0 Å². The maximum atomic E-state index is 11.1. The predicted molar refractivity (Wildman–Crippen MR) is 91.4 cm³/mol. The number of fused-ring (bicyclic) bond motifs is 1. The number of amidine groups is 1. The second-order valence-corrected chi connectivity index (χ2v) is 5.79. The minimum atomic E-state index is -0.902. The molecule has 6 heteroatoms. The molecule has 0 aromatic heterocycles. The van der Waals surface area contributed by atoms with Gasteiger partial charge in [0, 0.05) is 26.2 Å². The van der Waals surface area contributed by atoms with Gasteiger partial charge < -0.3 is 14.9 Å². The Bertz CT molecular complexity index is 736. The number of anilines is 1. The molecule has 0 unspecified atom stereocenters. The number of carboxylic acid groups (broad SMARTS) is 1. The van der Waals surface area contributed by atoms with Crippen molar-refractivity contribution in [3.05, 3.63) is 41.2 Å². The van der Waals surface area contributed by atoms with E-state index in [9.17, 15) is 4.79 Å². The fraction of sp³-hybridized carbons (Fsp3) is 0.353. The molecule has 2 aliphatic heterocycles. The molecule has 0 amide bonds. The van der Waals surface area contributed by atoms with Gasteiger partial charge in [0.25, 0.3) is 0 Å². The summed E-state index contributed by atoms with van der Waals surface area (Å²) in [5.41, 5.74) is 3.30. The Labute approximate surface area is 135 Å². The summed E-state index contributed by atoms with van der Waals surface area (Å²) < 4.78 is 0. The van der Waals surface area contributed by atoms with Gasteiger partial charge in [0.05, 0.1) is 29.8 Å². The third-order valence-corrected chi connectivity index (χ3v) is 4.40. The van der Waals surface area contributed by atoms with Gasteiger partial charge in [-0.15, -0.1) is 0 Å². The first kappa shape index (κ1) is 15.3. The van der Waals surface area contributed by atoms with Crippen LogP contribution in [0, 0.1) is 0 Å². The Kier molecular flexibility index (Phi) is 3.90. The summed E-state index contributed by atoms with van der Waals surface area (Å²) in [7, 11) is 3.99. The van der Waals surface area contributed by atoms with E-state index in [1.807, 2.05) is 44.5 Å². The van der Waals surface area contributed by atoms with Crippen molar-refractivity contribution in [3.63, 3.8) is 0 Å². The average Bonchev–Trinajstić information content (AvgIpc) is 2.94. The topological polar surface area (TPSA) is 68.5 Å². The van der Waals surface area contributed by atoms with Crippen LogP contribution in [-0.4, -0.2) is 48.3 Å². The summed E-state index contributed by atoms with van der Waals surface area (Å²) in [5.74, 6) is 0.0510. The molecule has 2 heterocycles. The van der Waals surface area contributed by atoms with Gasteiger partial charge in [0.1, 0.15) is 5.84 Å². The van der Waals surface area contributed by atoms with E-state index in [0.29, 0.717) is 5.56 Å². The second-order valence-electron chi connectivity index (χ2n) is 5.79. The Morgan fingerprint density at radius 2 is 2.26 bits per heavy atom. The van der Waals surface area contributed by atoms with Crippen LogP contribution in [0.3, 0.4) is 0 Å². The van der Waals surface area contributed by atoms with Crippen molar-refractivity contribution in [2.24, 2.45) is 9.98 Å². The zero-order chi connectivity index (χ0) is 16.6. The van der Waals surface area contributed by atoms with Crippen LogP contribution in [0.25, 0.3) is 0 Å². The number of likely N-dealkylation sites (N-methyl/N-ethyl adjacent to an activating group) is 1. The van der Waals surface area contributed by atoms with E-state index >= 15 is 0 Å². The number of aryl methyl sites for hydroxylation is 1. The quantitative estimate of drug-likeness (QED) is 0.930. The number of hydrogen-bond donors (Lipinski definition) is 1. The van der Waals surface area contributed by atoms with Crippen molar-refractivity contribution >= 4 is 23.8 Å². The van der Waals surface area contributed by atoms with Gasteiger partial charge in [-0.1, -0.05) is 6.92 Å². The number of aliphatic imine (C=N–C) groups is 2. The molecule has 1 aromatic rings. The monoisotopic (exact) mass is 312 g/mol. The van der Waals surface area contributed by atoms with E-state index in [1.54, 1.807) is 12.1 Å². The van der Waals surface area contributed by atoms with Crippen LogP contribution < -0.4 is 4.90 Å². The maximum Gasteiger partial charge on any atom is 0.335 e. The van der Waals surface area contributed by atoms with Gasteiger partial charge in [-0.05, 0) is 30.2 Å². The average molecular weight is 312 g/mol. The first-order valence-corrected chi connectivity index (χ1v) is 7.64. The summed E-state index contributed by atoms with van der Waals surface area (Å²) in [6, 6.07) is 5.47. The molecule has 2 aliphatic rings. The van der Waals surface area contributed by atoms with Crippen molar-refractivity contribution in [2.45, 2.75) is 25.8 Å². The van der Waals surface area contributed by atoms with Gasteiger partial charge in [0.2, 0.25) is 0 Å². The van der Waals surface area contributed by atoms with E-state index in [-0.39, 0.29) is 6.04 Å². The Morgan fingerprint density at radius 1 is 1.48 bits per heavy atom. The number of hydrogen-bond acceptors (Lipinski definition) is 5. The molecule has 23 heavy (non-hydrogen) atoms. The van der Waals surface area contributed by atoms with Crippen molar-refractivity contribution in [1.82, 2.24) is 4.90 Å². The summed E-state index contributed by atoms with van der Waals surface area (Å²) >= 11 is 0. The highest BCUT2D eigenvalue weighted by atomic mass is 16.4. The third kappa shape index (κ3) is 2.72. The highest BCUT2D eigenvalue weighted by Gasteiger charge is 2.29. The van der Waals surface area contributed by atoms with E-state index in [0.717, 1.165) is 35.6 Å². The van der Waals surface area contributed by atoms with E-state index in [1.165, 1.54) is 0 Å². The highest BCUT2D eigenvalue weighted by Crippen LogP contribution is 2.28. The number of rotatable bonds is 3. The molecule has 0 spiro atoms. The minimum absolute atomic E-state index is 0.230. The van der Waals surface area contributed by atoms with Gasteiger partial charge in [-0.25, -0.2) is 14.8 Å². The lowest BCUT2D eigenvalue weighted by Crippen LogP contribution is -2.37. The first-order chi connectivity index (χ1) is 11.0. The Morgan fingerprint density at radius 3 is 2.96 bits per heavy atom. The molecule has 6 nitrogen and oxygen atoms in total. The van der Waals surface area contributed by atoms with Gasteiger partial charge in [-0.2, -0.15) is 0 Å². The van der Waals surface area contributed by atoms with Crippen molar-refractivity contribution < 1.29 is 9.90 Å². The van der Waals surface area contributed by atoms with Crippen molar-refractivity contribution in [2.75, 3.05) is 19.0 Å². The van der Waals surface area contributed by atoms with Crippen LogP contribution in [0.4, 0.5) is 5.69 Å². The molecule has 0 saturated carbocycles. The number of nitrogens with zero attached hydrogens (tertiary/aromatic N) is 4. The molecule has 120 valence electrons. The lowest BCUT2D eigenvalue weighted by atomic mass is 10.0. The summed E-state index contributed by atoms with van der Waals surface area (Å²) in [5, 5.41) is 9.15. The van der Waals surface area contributed by atoms with Crippen LogP contribution in [-0.2, 0) is 6.42 Å². The molecule has 0 fully saturated rings. The number of aromatic carboxylic acids is 1. The van der Waals surface area contributed by atoms with Crippen LogP contribution in [0.2, 0.25) is 0 Å². The Hall–Kier alpha value is -2.63. The molecule has 1 N–H and O–H groups in total. The molecule has 0 radical (unpaired) electrons. The fourth-order valence-corrected chi connectivity index (χ4v) is 2.96. The number of carbonyl (C=O) groups is 1. The summed E-state index contributed by atoms with van der Waals surface area (Å²) in [6.07, 6.45) is 5.19. The van der Waals surface area contributed by atoms with Crippen molar-refractivity contribution in [1.29, 1.82) is 0 Å². The van der Waals surface area contributed by atoms with Gasteiger partial charge in [0.15, 0.2) is 0 Å².